The highest BCUT2D eigenvalue weighted by Crippen LogP contribution is 2.19. The van der Waals surface area contributed by atoms with Crippen LogP contribution in [0.1, 0.15) is 17.5 Å². The highest BCUT2D eigenvalue weighted by Gasteiger charge is 2.20. The molecule has 28 heavy (non-hydrogen) atoms. The van der Waals surface area contributed by atoms with Gasteiger partial charge in [0.15, 0.2) is 0 Å². The SMILES string of the molecule is COC(=O)CCN(CCc1ccc(F)cc1)C(=O)Cc1ccccc1[N+](=O)[O-]. The minimum Gasteiger partial charge on any atom is -0.469 e. The second kappa shape index (κ2) is 10.1. The molecule has 0 aliphatic rings. The van der Waals surface area contributed by atoms with Gasteiger partial charge in [0, 0.05) is 24.7 Å². The van der Waals surface area contributed by atoms with Gasteiger partial charge in [-0.3, -0.25) is 19.7 Å². The van der Waals surface area contributed by atoms with Gasteiger partial charge < -0.3 is 9.64 Å². The van der Waals surface area contributed by atoms with Crippen molar-refractivity contribution in [3.8, 4) is 0 Å². The van der Waals surface area contributed by atoms with Gasteiger partial charge in [-0.15, -0.1) is 0 Å². The maximum atomic E-state index is 13.0. The lowest BCUT2D eigenvalue weighted by atomic mass is 10.1. The van der Waals surface area contributed by atoms with Crippen molar-refractivity contribution in [2.75, 3.05) is 20.2 Å². The predicted octanol–water partition coefficient (Wildman–Crippen LogP) is 2.91. The minimum absolute atomic E-state index is 0.0164. The van der Waals surface area contributed by atoms with Crippen LogP contribution in [0.15, 0.2) is 48.5 Å². The van der Waals surface area contributed by atoms with E-state index in [1.54, 1.807) is 18.2 Å². The number of nitrogens with zero attached hydrogens (tertiary/aromatic N) is 2. The van der Waals surface area contributed by atoms with Crippen molar-refractivity contribution in [3.05, 3.63) is 75.6 Å². The summed E-state index contributed by atoms with van der Waals surface area (Å²) in [6, 6.07) is 12.0. The lowest BCUT2D eigenvalue weighted by Gasteiger charge is -2.22. The predicted molar refractivity (Wildman–Crippen MR) is 100 cm³/mol. The van der Waals surface area contributed by atoms with Crippen LogP contribution in [0, 0.1) is 15.9 Å². The molecule has 148 valence electrons. The Morgan fingerprint density at radius 3 is 2.43 bits per heavy atom. The van der Waals surface area contributed by atoms with Crippen LogP contribution < -0.4 is 0 Å². The van der Waals surface area contributed by atoms with Crippen LogP contribution in [0.25, 0.3) is 0 Å². The molecule has 0 bridgehead atoms. The molecular formula is C20H21FN2O5. The van der Waals surface area contributed by atoms with Crippen molar-refractivity contribution in [1.29, 1.82) is 0 Å². The summed E-state index contributed by atoms with van der Waals surface area (Å²) < 4.78 is 17.7. The molecule has 0 unspecified atom stereocenters. The summed E-state index contributed by atoms with van der Waals surface area (Å²) in [4.78, 5) is 36.3. The van der Waals surface area contributed by atoms with Gasteiger partial charge in [-0.2, -0.15) is 0 Å². The van der Waals surface area contributed by atoms with Crippen LogP contribution in [0.3, 0.4) is 0 Å². The van der Waals surface area contributed by atoms with Gasteiger partial charge in [0.1, 0.15) is 5.82 Å². The van der Waals surface area contributed by atoms with Crippen molar-refractivity contribution >= 4 is 17.6 Å². The van der Waals surface area contributed by atoms with Crippen LogP contribution in [0.4, 0.5) is 10.1 Å². The van der Waals surface area contributed by atoms with E-state index in [-0.39, 0.29) is 36.8 Å². The molecule has 0 radical (unpaired) electrons. The Balaban J connectivity index is 2.10. The Labute approximate surface area is 161 Å². The summed E-state index contributed by atoms with van der Waals surface area (Å²) in [5, 5.41) is 11.2. The molecule has 1 amide bonds. The van der Waals surface area contributed by atoms with Crippen molar-refractivity contribution in [1.82, 2.24) is 4.90 Å². The molecule has 0 saturated carbocycles. The van der Waals surface area contributed by atoms with Crippen LogP contribution >= 0.6 is 0 Å². The number of rotatable bonds is 9. The summed E-state index contributed by atoms with van der Waals surface area (Å²) in [6.07, 6.45) is 0.328. The summed E-state index contributed by atoms with van der Waals surface area (Å²) in [5.74, 6) is -1.13. The molecule has 2 aromatic rings. The van der Waals surface area contributed by atoms with Gasteiger partial charge in [-0.1, -0.05) is 30.3 Å². The second-order valence-corrected chi connectivity index (χ2v) is 6.15. The number of esters is 1. The first-order valence-corrected chi connectivity index (χ1v) is 8.72. The number of hydrogen-bond donors (Lipinski definition) is 0. The van der Waals surface area contributed by atoms with E-state index >= 15 is 0 Å². The number of nitro benzene ring substituents is 1. The van der Waals surface area contributed by atoms with E-state index in [0.717, 1.165) is 5.56 Å². The fourth-order valence-corrected chi connectivity index (χ4v) is 2.72. The number of para-hydroxylation sites is 1. The van der Waals surface area contributed by atoms with Gasteiger partial charge in [0.05, 0.1) is 24.9 Å². The van der Waals surface area contributed by atoms with Crippen molar-refractivity contribution in [2.24, 2.45) is 0 Å². The third-order valence-electron chi connectivity index (χ3n) is 4.28. The van der Waals surface area contributed by atoms with Crippen molar-refractivity contribution in [3.63, 3.8) is 0 Å². The van der Waals surface area contributed by atoms with Crippen molar-refractivity contribution < 1.29 is 23.6 Å². The van der Waals surface area contributed by atoms with Crippen LogP contribution in [0.2, 0.25) is 0 Å². The van der Waals surface area contributed by atoms with Gasteiger partial charge >= 0.3 is 5.97 Å². The smallest absolute Gasteiger partial charge is 0.307 e. The monoisotopic (exact) mass is 388 g/mol. The van der Waals surface area contributed by atoms with Gasteiger partial charge in [0.25, 0.3) is 5.69 Å². The number of halogens is 1. The molecule has 0 atom stereocenters. The molecule has 2 rings (SSSR count). The lowest BCUT2D eigenvalue weighted by Crippen LogP contribution is -2.36. The molecule has 0 aromatic heterocycles. The number of hydrogen-bond acceptors (Lipinski definition) is 5. The normalized spacial score (nSPS) is 10.4. The topological polar surface area (TPSA) is 89.8 Å². The molecular weight excluding hydrogens is 367 g/mol. The third kappa shape index (κ3) is 6.15. The summed E-state index contributed by atoms with van der Waals surface area (Å²) >= 11 is 0. The molecule has 0 heterocycles. The number of amides is 1. The first-order valence-electron chi connectivity index (χ1n) is 8.72. The zero-order valence-corrected chi connectivity index (χ0v) is 15.5. The largest absolute Gasteiger partial charge is 0.469 e. The number of nitro groups is 1. The van der Waals surface area contributed by atoms with E-state index < -0.39 is 10.9 Å². The Morgan fingerprint density at radius 2 is 1.79 bits per heavy atom. The first kappa shape index (κ1) is 21.0. The quantitative estimate of drug-likeness (QED) is 0.374. The van der Waals surface area contributed by atoms with E-state index in [1.807, 2.05) is 0 Å². The van der Waals surface area contributed by atoms with E-state index in [9.17, 15) is 24.1 Å². The van der Waals surface area contributed by atoms with Crippen LogP contribution in [-0.2, 0) is 27.2 Å². The van der Waals surface area contributed by atoms with Crippen molar-refractivity contribution in [2.45, 2.75) is 19.3 Å². The summed E-state index contributed by atoms with van der Waals surface area (Å²) in [6.45, 7) is 0.426. The highest BCUT2D eigenvalue weighted by atomic mass is 19.1. The van der Waals surface area contributed by atoms with Crippen LogP contribution in [-0.4, -0.2) is 41.9 Å². The first-order chi connectivity index (χ1) is 13.4. The number of methoxy groups -OCH3 is 1. The maximum absolute atomic E-state index is 13.0. The van der Waals surface area contributed by atoms with E-state index in [0.29, 0.717) is 18.5 Å². The summed E-state index contributed by atoms with van der Waals surface area (Å²) in [7, 11) is 1.26. The number of benzene rings is 2. The second-order valence-electron chi connectivity index (χ2n) is 6.15. The van der Waals surface area contributed by atoms with E-state index in [1.165, 1.54) is 42.3 Å². The zero-order valence-electron chi connectivity index (χ0n) is 15.5. The molecule has 2 aromatic carbocycles. The minimum atomic E-state index is -0.528. The molecule has 0 fully saturated rings. The average Bonchev–Trinajstić information content (AvgIpc) is 2.69. The molecule has 0 aliphatic heterocycles. The average molecular weight is 388 g/mol. The fraction of sp³-hybridized carbons (Fsp3) is 0.300. The molecule has 8 heteroatoms. The number of carbonyl (C=O) groups excluding carboxylic acids is 2. The Hall–Kier alpha value is -3.29. The third-order valence-corrected chi connectivity index (χ3v) is 4.28. The van der Waals surface area contributed by atoms with Crippen LogP contribution in [0.5, 0.6) is 0 Å². The van der Waals surface area contributed by atoms with Gasteiger partial charge in [-0.25, -0.2) is 4.39 Å². The molecule has 0 N–H and O–H groups in total. The van der Waals surface area contributed by atoms with Gasteiger partial charge in [-0.05, 0) is 24.1 Å². The Kier molecular flexibility index (Phi) is 7.62. The zero-order chi connectivity index (χ0) is 20.5. The number of carbonyl (C=O) groups is 2. The number of ether oxygens (including phenoxy) is 1. The Bertz CT molecular complexity index is 839. The maximum Gasteiger partial charge on any atom is 0.307 e. The van der Waals surface area contributed by atoms with E-state index in [2.05, 4.69) is 4.74 Å². The molecule has 0 spiro atoms. The van der Waals surface area contributed by atoms with Gasteiger partial charge in [0.2, 0.25) is 5.91 Å². The highest BCUT2D eigenvalue weighted by molar-refractivity contribution is 5.80. The Morgan fingerprint density at radius 1 is 1.11 bits per heavy atom. The molecule has 0 aliphatic carbocycles. The molecule has 7 nitrogen and oxygen atoms in total. The standard InChI is InChI=1S/C20H21FN2O5/c1-28-20(25)11-13-22(12-10-15-6-8-17(21)9-7-15)19(24)14-16-4-2-3-5-18(16)23(26)27/h2-9H,10-14H2,1H3. The lowest BCUT2D eigenvalue weighted by molar-refractivity contribution is -0.385. The molecule has 0 saturated heterocycles. The summed E-state index contributed by atoms with van der Waals surface area (Å²) in [5.41, 5.74) is 1.02. The fourth-order valence-electron chi connectivity index (χ4n) is 2.72. The van der Waals surface area contributed by atoms with E-state index in [4.69, 9.17) is 0 Å².